The fraction of sp³-hybridized carbons (Fsp3) is 0.333. The zero-order valence-corrected chi connectivity index (χ0v) is 8.58. The first-order chi connectivity index (χ1) is 6.66. The van der Waals surface area contributed by atoms with Crippen LogP contribution in [-0.4, -0.2) is 6.04 Å². The minimum atomic E-state index is 0.172. The average molecular weight is 189 g/mol. The Morgan fingerprint density at radius 3 is 2.93 bits per heavy atom. The van der Waals surface area contributed by atoms with Gasteiger partial charge in [0.1, 0.15) is 11.3 Å². The Labute approximate surface area is 83.7 Å². The second-order valence-electron chi connectivity index (χ2n) is 3.87. The van der Waals surface area contributed by atoms with E-state index in [1.807, 2.05) is 13.8 Å². The summed E-state index contributed by atoms with van der Waals surface area (Å²) in [6.45, 7) is 3.98. The topological polar surface area (TPSA) is 39.2 Å². The van der Waals surface area contributed by atoms with E-state index in [4.69, 9.17) is 10.2 Å². The Morgan fingerprint density at radius 1 is 1.43 bits per heavy atom. The molecule has 2 N–H and O–H groups in total. The lowest BCUT2D eigenvalue weighted by atomic mass is 10.1. The molecular formula is C12H15NO. The zero-order valence-electron chi connectivity index (χ0n) is 8.58. The molecule has 1 unspecified atom stereocenters. The molecule has 2 nitrogen and oxygen atoms in total. The van der Waals surface area contributed by atoms with Gasteiger partial charge in [-0.1, -0.05) is 18.2 Å². The monoisotopic (exact) mass is 189 g/mol. The maximum atomic E-state index is 5.78. The largest absolute Gasteiger partial charge is 0.461 e. The summed E-state index contributed by atoms with van der Waals surface area (Å²) < 4.78 is 5.64. The summed E-state index contributed by atoms with van der Waals surface area (Å²) in [6.07, 6.45) is 0.865. The lowest BCUT2D eigenvalue weighted by Gasteiger charge is -2.04. The van der Waals surface area contributed by atoms with E-state index in [1.165, 1.54) is 10.9 Å². The van der Waals surface area contributed by atoms with Crippen molar-refractivity contribution in [2.45, 2.75) is 26.3 Å². The lowest BCUT2D eigenvalue weighted by molar-refractivity contribution is 0.571. The fourth-order valence-electron chi connectivity index (χ4n) is 1.76. The van der Waals surface area contributed by atoms with Crippen LogP contribution in [0.25, 0.3) is 11.0 Å². The van der Waals surface area contributed by atoms with Gasteiger partial charge in [-0.2, -0.15) is 0 Å². The SMILES string of the molecule is Cc1cc2cccc(CC(C)N)c2o1. The van der Waals surface area contributed by atoms with Gasteiger partial charge in [-0.3, -0.25) is 0 Å². The number of hydrogen-bond acceptors (Lipinski definition) is 2. The molecule has 0 saturated carbocycles. The van der Waals surface area contributed by atoms with Crippen molar-refractivity contribution >= 4 is 11.0 Å². The molecule has 0 radical (unpaired) electrons. The van der Waals surface area contributed by atoms with Crippen LogP contribution in [0.3, 0.4) is 0 Å². The van der Waals surface area contributed by atoms with E-state index in [9.17, 15) is 0 Å². The number of rotatable bonds is 2. The predicted octanol–water partition coefficient (Wildman–Crippen LogP) is 2.63. The second-order valence-corrected chi connectivity index (χ2v) is 3.87. The molecule has 0 saturated heterocycles. The van der Waals surface area contributed by atoms with Crippen LogP contribution in [-0.2, 0) is 6.42 Å². The number of furan rings is 1. The molecule has 0 aliphatic heterocycles. The van der Waals surface area contributed by atoms with Gasteiger partial charge in [0.2, 0.25) is 0 Å². The molecule has 2 aromatic rings. The van der Waals surface area contributed by atoms with Gasteiger partial charge in [0.05, 0.1) is 0 Å². The Balaban J connectivity index is 2.53. The van der Waals surface area contributed by atoms with Crippen molar-refractivity contribution in [1.29, 1.82) is 0 Å². The highest BCUT2D eigenvalue weighted by Gasteiger charge is 2.07. The highest BCUT2D eigenvalue weighted by Crippen LogP contribution is 2.23. The molecule has 1 atom stereocenters. The third-order valence-electron chi connectivity index (χ3n) is 2.29. The quantitative estimate of drug-likeness (QED) is 0.788. The molecule has 74 valence electrons. The lowest BCUT2D eigenvalue weighted by Crippen LogP contribution is -2.17. The first kappa shape index (κ1) is 9.28. The standard InChI is InChI=1S/C12H15NO/c1-8(13)6-10-4-3-5-11-7-9(2)14-12(10)11/h3-5,7-8H,6,13H2,1-2H3. The molecule has 2 heteroatoms. The molecule has 0 amide bonds. The molecule has 0 aliphatic rings. The Bertz CT molecular complexity index is 443. The van der Waals surface area contributed by atoms with Crippen molar-refractivity contribution in [2.75, 3.05) is 0 Å². The van der Waals surface area contributed by atoms with Gasteiger partial charge < -0.3 is 10.2 Å². The highest BCUT2D eigenvalue weighted by molar-refractivity contribution is 5.81. The van der Waals surface area contributed by atoms with Crippen molar-refractivity contribution in [1.82, 2.24) is 0 Å². The van der Waals surface area contributed by atoms with Crippen molar-refractivity contribution in [3.8, 4) is 0 Å². The molecule has 0 spiro atoms. The maximum absolute atomic E-state index is 5.78. The summed E-state index contributed by atoms with van der Waals surface area (Å²) in [5, 5.41) is 1.17. The van der Waals surface area contributed by atoms with E-state index in [0.717, 1.165) is 17.8 Å². The molecule has 0 aliphatic carbocycles. The van der Waals surface area contributed by atoms with Crippen LogP contribution in [0.1, 0.15) is 18.2 Å². The van der Waals surface area contributed by atoms with Crippen LogP contribution in [0.4, 0.5) is 0 Å². The summed E-state index contributed by atoms with van der Waals surface area (Å²) in [4.78, 5) is 0. The van der Waals surface area contributed by atoms with E-state index in [2.05, 4.69) is 24.3 Å². The third kappa shape index (κ3) is 1.66. The first-order valence-corrected chi connectivity index (χ1v) is 4.90. The summed E-state index contributed by atoms with van der Waals surface area (Å²) in [5.41, 5.74) is 7.97. The van der Waals surface area contributed by atoms with E-state index in [0.29, 0.717) is 0 Å². The minimum Gasteiger partial charge on any atom is -0.461 e. The van der Waals surface area contributed by atoms with Crippen LogP contribution in [0, 0.1) is 6.92 Å². The summed E-state index contributed by atoms with van der Waals surface area (Å²) >= 11 is 0. The Hall–Kier alpha value is -1.28. The van der Waals surface area contributed by atoms with Crippen molar-refractivity contribution in [3.63, 3.8) is 0 Å². The number of hydrogen-bond donors (Lipinski definition) is 1. The number of para-hydroxylation sites is 1. The van der Waals surface area contributed by atoms with Gasteiger partial charge in [-0.05, 0) is 31.9 Å². The van der Waals surface area contributed by atoms with E-state index in [1.54, 1.807) is 0 Å². The van der Waals surface area contributed by atoms with E-state index in [-0.39, 0.29) is 6.04 Å². The average Bonchev–Trinajstić information content (AvgIpc) is 2.45. The van der Waals surface area contributed by atoms with Gasteiger partial charge >= 0.3 is 0 Å². The van der Waals surface area contributed by atoms with Gasteiger partial charge in [0.25, 0.3) is 0 Å². The van der Waals surface area contributed by atoms with Crippen LogP contribution >= 0.6 is 0 Å². The molecule has 0 bridgehead atoms. The van der Waals surface area contributed by atoms with Gasteiger partial charge in [0, 0.05) is 11.4 Å². The molecule has 1 aromatic carbocycles. The number of nitrogens with two attached hydrogens (primary N) is 1. The van der Waals surface area contributed by atoms with Crippen LogP contribution in [0.5, 0.6) is 0 Å². The Morgan fingerprint density at radius 2 is 2.21 bits per heavy atom. The highest BCUT2D eigenvalue weighted by atomic mass is 16.3. The van der Waals surface area contributed by atoms with Crippen molar-refractivity contribution in [3.05, 3.63) is 35.6 Å². The molecule has 1 heterocycles. The van der Waals surface area contributed by atoms with Crippen LogP contribution < -0.4 is 5.73 Å². The summed E-state index contributed by atoms with van der Waals surface area (Å²) in [5.74, 6) is 0.956. The summed E-state index contributed by atoms with van der Waals surface area (Å²) in [6, 6.07) is 8.42. The number of aryl methyl sites for hydroxylation is 1. The molecular weight excluding hydrogens is 174 g/mol. The van der Waals surface area contributed by atoms with Crippen molar-refractivity contribution < 1.29 is 4.42 Å². The zero-order chi connectivity index (χ0) is 10.1. The number of fused-ring (bicyclic) bond motifs is 1. The molecule has 1 aromatic heterocycles. The fourth-order valence-corrected chi connectivity index (χ4v) is 1.76. The molecule has 14 heavy (non-hydrogen) atoms. The van der Waals surface area contributed by atoms with Gasteiger partial charge in [0.15, 0.2) is 0 Å². The second kappa shape index (κ2) is 3.46. The smallest absolute Gasteiger partial charge is 0.137 e. The minimum absolute atomic E-state index is 0.172. The van der Waals surface area contributed by atoms with E-state index < -0.39 is 0 Å². The predicted molar refractivity (Wildman–Crippen MR) is 58.3 cm³/mol. The van der Waals surface area contributed by atoms with Gasteiger partial charge in [-0.15, -0.1) is 0 Å². The van der Waals surface area contributed by atoms with Gasteiger partial charge in [-0.25, -0.2) is 0 Å². The molecule has 2 rings (SSSR count). The first-order valence-electron chi connectivity index (χ1n) is 4.90. The molecule has 0 fully saturated rings. The van der Waals surface area contributed by atoms with Crippen molar-refractivity contribution in [2.24, 2.45) is 5.73 Å². The van der Waals surface area contributed by atoms with Crippen LogP contribution in [0.15, 0.2) is 28.7 Å². The maximum Gasteiger partial charge on any atom is 0.137 e. The van der Waals surface area contributed by atoms with Crippen LogP contribution in [0.2, 0.25) is 0 Å². The number of benzene rings is 1. The van der Waals surface area contributed by atoms with E-state index >= 15 is 0 Å². The Kier molecular flexibility index (Phi) is 2.30. The third-order valence-corrected chi connectivity index (χ3v) is 2.29. The summed E-state index contributed by atoms with van der Waals surface area (Å²) in [7, 11) is 0. The normalized spacial score (nSPS) is 13.4.